The van der Waals surface area contributed by atoms with E-state index in [9.17, 15) is 4.79 Å². The predicted molar refractivity (Wildman–Crippen MR) is 102 cm³/mol. The van der Waals surface area contributed by atoms with E-state index in [0.717, 1.165) is 24.4 Å². The molecule has 1 aromatic heterocycles. The third-order valence-corrected chi connectivity index (χ3v) is 4.04. The topological polar surface area (TPSA) is 56.1 Å². The van der Waals surface area contributed by atoms with E-state index in [1.807, 2.05) is 61.7 Å². The van der Waals surface area contributed by atoms with E-state index in [-0.39, 0.29) is 5.91 Å². The van der Waals surface area contributed by atoms with E-state index in [0.29, 0.717) is 24.5 Å². The molecule has 2 aromatic carbocycles. The highest BCUT2D eigenvalue weighted by atomic mass is 16.5. The average Bonchev–Trinajstić information content (AvgIpc) is 3.15. The monoisotopic (exact) mass is 349 g/mol. The lowest BCUT2D eigenvalue weighted by molar-refractivity contribution is 0.0949. The van der Waals surface area contributed by atoms with Crippen LogP contribution in [0.25, 0.3) is 11.4 Å². The van der Waals surface area contributed by atoms with Crippen molar-refractivity contribution in [2.45, 2.75) is 19.9 Å². The third-order valence-electron chi connectivity index (χ3n) is 4.04. The first kappa shape index (κ1) is 17.7. The van der Waals surface area contributed by atoms with Crippen molar-refractivity contribution in [3.63, 3.8) is 0 Å². The zero-order valence-corrected chi connectivity index (χ0v) is 14.9. The van der Waals surface area contributed by atoms with Gasteiger partial charge in [0.15, 0.2) is 0 Å². The van der Waals surface area contributed by atoms with Crippen molar-refractivity contribution in [3.05, 3.63) is 72.6 Å². The minimum Gasteiger partial charge on any atom is -0.493 e. The molecule has 0 aliphatic heterocycles. The van der Waals surface area contributed by atoms with Crippen LogP contribution >= 0.6 is 0 Å². The Bertz CT molecular complexity index is 843. The molecule has 0 saturated carbocycles. The molecule has 3 rings (SSSR count). The van der Waals surface area contributed by atoms with Crippen LogP contribution in [0.15, 0.2) is 67.0 Å². The van der Waals surface area contributed by atoms with E-state index in [1.54, 1.807) is 12.3 Å². The molecule has 3 aromatic rings. The molecule has 0 atom stereocenters. The van der Waals surface area contributed by atoms with Crippen LogP contribution in [0, 0.1) is 0 Å². The molecule has 0 aliphatic rings. The van der Waals surface area contributed by atoms with Gasteiger partial charge in [-0.2, -0.15) is 0 Å². The molecule has 0 unspecified atom stereocenters. The van der Waals surface area contributed by atoms with Crippen LogP contribution in [0.5, 0.6) is 5.75 Å². The summed E-state index contributed by atoms with van der Waals surface area (Å²) in [6.07, 6.45) is 4.59. The third kappa shape index (κ3) is 4.30. The van der Waals surface area contributed by atoms with Crippen molar-refractivity contribution >= 4 is 5.91 Å². The molecule has 0 spiro atoms. The van der Waals surface area contributed by atoms with Crippen LogP contribution in [0.3, 0.4) is 0 Å². The minimum atomic E-state index is -0.108. The van der Waals surface area contributed by atoms with E-state index in [1.165, 1.54) is 0 Å². The maximum Gasteiger partial charge on any atom is 0.255 e. The lowest BCUT2D eigenvalue weighted by atomic mass is 10.2. The number of ether oxygens (including phenoxy) is 1. The second-order valence-electron chi connectivity index (χ2n) is 5.85. The summed E-state index contributed by atoms with van der Waals surface area (Å²) in [6, 6.07) is 17.4. The number of hydrogen-bond acceptors (Lipinski definition) is 3. The smallest absolute Gasteiger partial charge is 0.255 e. The molecule has 5 heteroatoms. The van der Waals surface area contributed by atoms with Crippen LogP contribution in [0.4, 0.5) is 0 Å². The van der Waals surface area contributed by atoms with Gasteiger partial charge in [-0.25, -0.2) is 4.98 Å². The summed E-state index contributed by atoms with van der Waals surface area (Å²) >= 11 is 0. The van der Waals surface area contributed by atoms with Gasteiger partial charge in [0.05, 0.1) is 12.2 Å². The fraction of sp³-hybridized carbons (Fsp3) is 0.238. The number of imidazole rings is 1. The first-order chi connectivity index (χ1) is 12.8. The molecule has 134 valence electrons. The van der Waals surface area contributed by atoms with Crippen molar-refractivity contribution in [2.75, 3.05) is 13.2 Å². The van der Waals surface area contributed by atoms with E-state index < -0.39 is 0 Å². The molecule has 0 fully saturated rings. The van der Waals surface area contributed by atoms with E-state index in [4.69, 9.17) is 4.74 Å². The fourth-order valence-corrected chi connectivity index (χ4v) is 2.82. The number of hydrogen-bond donors (Lipinski definition) is 1. The summed E-state index contributed by atoms with van der Waals surface area (Å²) in [4.78, 5) is 16.8. The molecule has 1 amide bonds. The summed E-state index contributed by atoms with van der Waals surface area (Å²) in [6.45, 7) is 3.82. The van der Waals surface area contributed by atoms with Gasteiger partial charge in [0.25, 0.3) is 5.91 Å². The Morgan fingerprint density at radius 3 is 2.69 bits per heavy atom. The van der Waals surface area contributed by atoms with Crippen molar-refractivity contribution in [3.8, 4) is 17.1 Å². The molecule has 0 radical (unpaired) electrons. The Morgan fingerprint density at radius 2 is 1.88 bits per heavy atom. The maximum atomic E-state index is 12.4. The van der Waals surface area contributed by atoms with Gasteiger partial charge in [0, 0.05) is 31.0 Å². The van der Waals surface area contributed by atoms with Gasteiger partial charge in [-0.1, -0.05) is 42.5 Å². The maximum absolute atomic E-state index is 12.4. The summed E-state index contributed by atoms with van der Waals surface area (Å²) in [5.41, 5.74) is 1.66. The highest BCUT2D eigenvalue weighted by Crippen LogP contribution is 2.18. The summed E-state index contributed by atoms with van der Waals surface area (Å²) < 4.78 is 7.62. The van der Waals surface area contributed by atoms with Crippen LogP contribution in [0.1, 0.15) is 23.7 Å². The van der Waals surface area contributed by atoms with Crippen LogP contribution in [0.2, 0.25) is 0 Å². The highest BCUT2D eigenvalue weighted by Gasteiger charge is 2.11. The Morgan fingerprint density at radius 1 is 1.12 bits per heavy atom. The average molecular weight is 349 g/mol. The molecule has 0 bridgehead atoms. The molecule has 5 nitrogen and oxygen atoms in total. The number of benzene rings is 2. The first-order valence-electron chi connectivity index (χ1n) is 8.86. The first-order valence-corrected chi connectivity index (χ1v) is 8.86. The second-order valence-corrected chi connectivity index (χ2v) is 5.85. The van der Waals surface area contributed by atoms with Gasteiger partial charge in [-0.15, -0.1) is 0 Å². The van der Waals surface area contributed by atoms with Crippen LogP contribution < -0.4 is 10.1 Å². The molecule has 0 saturated heterocycles. The molecular formula is C21H23N3O2. The van der Waals surface area contributed by atoms with Crippen LogP contribution in [-0.2, 0) is 6.54 Å². The van der Waals surface area contributed by atoms with Crippen molar-refractivity contribution in [1.82, 2.24) is 14.9 Å². The zero-order chi connectivity index (χ0) is 18.2. The highest BCUT2D eigenvalue weighted by molar-refractivity contribution is 5.96. The number of amides is 1. The van der Waals surface area contributed by atoms with E-state index in [2.05, 4.69) is 14.9 Å². The SMILES string of the molecule is CCOc1ccccc1C(=O)NCCCn1ccnc1-c1ccccc1. The number of nitrogens with zero attached hydrogens (tertiary/aromatic N) is 2. The number of nitrogens with one attached hydrogen (secondary N) is 1. The largest absolute Gasteiger partial charge is 0.493 e. The molecule has 1 heterocycles. The van der Waals surface area contributed by atoms with Crippen molar-refractivity contribution < 1.29 is 9.53 Å². The Labute approximate surface area is 153 Å². The second kappa shape index (κ2) is 8.85. The minimum absolute atomic E-state index is 0.108. The van der Waals surface area contributed by atoms with Gasteiger partial charge >= 0.3 is 0 Å². The van der Waals surface area contributed by atoms with E-state index >= 15 is 0 Å². The standard InChI is InChI=1S/C21H23N3O2/c1-2-26-19-12-7-6-11-18(19)21(25)23-13-8-15-24-16-14-22-20(24)17-9-4-3-5-10-17/h3-7,9-12,14,16H,2,8,13,15H2,1H3,(H,23,25). The number of carbonyl (C=O) groups is 1. The Kier molecular flexibility index (Phi) is 6.04. The molecule has 0 aliphatic carbocycles. The summed E-state index contributed by atoms with van der Waals surface area (Å²) in [7, 11) is 0. The van der Waals surface area contributed by atoms with Crippen LogP contribution in [-0.4, -0.2) is 28.6 Å². The van der Waals surface area contributed by atoms with Crippen molar-refractivity contribution in [1.29, 1.82) is 0 Å². The summed E-state index contributed by atoms with van der Waals surface area (Å²) in [5.74, 6) is 1.45. The molecule has 1 N–H and O–H groups in total. The quantitative estimate of drug-likeness (QED) is 0.630. The summed E-state index contributed by atoms with van der Waals surface area (Å²) in [5, 5.41) is 2.97. The van der Waals surface area contributed by atoms with Gasteiger partial charge in [0.1, 0.15) is 11.6 Å². The molecule has 26 heavy (non-hydrogen) atoms. The lowest BCUT2D eigenvalue weighted by Crippen LogP contribution is -2.25. The zero-order valence-electron chi connectivity index (χ0n) is 14.9. The van der Waals surface area contributed by atoms with Gasteiger partial charge in [0.2, 0.25) is 0 Å². The number of para-hydroxylation sites is 1. The number of rotatable bonds is 8. The van der Waals surface area contributed by atoms with Gasteiger partial charge < -0.3 is 14.6 Å². The Hall–Kier alpha value is -3.08. The number of aromatic nitrogens is 2. The Balaban J connectivity index is 1.54. The number of aryl methyl sites for hydroxylation is 1. The van der Waals surface area contributed by atoms with Gasteiger partial charge in [-0.3, -0.25) is 4.79 Å². The molecular weight excluding hydrogens is 326 g/mol. The fourth-order valence-electron chi connectivity index (χ4n) is 2.82. The number of carbonyl (C=O) groups excluding carboxylic acids is 1. The lowest BCUT2D eigenvalue weighted by Gasteiger charge is -2.11. The normalized spacial score (nSPS) is 10.5. The predicted octanol–water partition coefficient (Wildman–Crippen LogP) is 3.77. The van der Waals surface area contributed by atoms with Crippen molar-refractivity contribution in [2.24, 2.45) is 0 Å². The van der Waals surface area contributed by atoms with Gasteiger partial charge in [-0.05, 0) is 25.5 Å².